The van der Waals surface area contributed by atoms with Gasteiger partial charge >= 0.3 is 0 Å². The van der Waals surface area contributed by atoms with E-state index in [1.807, 2.05) is 48.7 Å². The summed E-state index contributed by atoms with van der Waals surface area (Å²) in [5, 5.41) is 9.90. The van der Waals surface area contributed by atoms with E-state index in [1.165, 1.54) is 12.1 Å². The third-order valence-corrected chi connectivity index (χ3v) is 7.06. The predicted molar refractivity (Wildman–Crippen MR) is 123 cm³/mol. The summed E-state index contributed by atoms with van der Waals surface area (Å²) < 4.78 is 30.4. The van der Waals surface area contributed by atoms with Gasteiger partial charge in [-0.25, -0.2) is 8.78 Å². The maximum Gasteiger partial charge on any atom is 0.274 e. The van der Waals surface area contributed by atoms with Crippen molar-refractivity contribution >= 4 is 12.0 Å². The van der Waals surface area contributed by atoms with Gasteiger partial charge in [0.1, 0.15) is 12.0 Å². The van der Waals surface area contributed by atoms with Gasteiger partial charge in [0.25, 0.3) is 5.92 Å². The molecule has 0 amide bonds. The average Bonchev–Trinajstić information content (AvgIpc) is 2.85. The van der Waals surface area contributed by atoms with Gasteiger partial charge < -0.3 is 14.8 Å². The highest BCUT2D eigenvalue weighted by Crippen LogP contribution is 2.54. The number of alkyl halides is 2. The van der Waals surface area contributed by atoms with Crippen molar-refractivity contribution in [3.63, 3.8) is 0 Å². The van der Waals surface area contributed by atoms with Crippen LogP contribution in [0.3, 0.4) is 0 Å². The lowest BCUT2D eigenvalue weighted by molar-refractivity contribution is -0.111. The Labute approximate surface area is 191 Å². The van der Waals surface area contributed by atoms with Crippen LogP contribution in [0.4, 0.5) is 14.5 Å². The zero-order valence-corrected chi connectivity index (χ0v) is 18.2. The van der Waals surface area contributed by atoms with Crippen molar-refractivity contribution in [2.24, 2.45) is 5.92 Å². The molecule has 2 atom stereocenters. The van der Waals surface area contributed by atoms with E-state index < -0.39 is 11.8 Å². The molecule has 0 unspecified atom stereocenters. The lowest BCUT2D eigenvalue weighted by Gasteiger charge is -2.38. The van der Waals surface area contributed by atoms with Crippen LogP contribution in [-0.4, -0.2) is 29.5 Å². The second-order valence-corrected chi connectivity index (χ2v) is 9.08. The number of piperidine rings is 1. The maximum atomic E-state index is 15.2. The molecule has 1 fully saturated rings. The predicted octanol–water partition coefficient (Wildman–Crippen LogP) is 5.61. The van der Waals surface area contributed by atoms with Gasteiger partial charge in [-0.05, 0) is 48.2 Å². The summed E-state index contributed by atoms with van der Waals surface area (Å²) in [6.45, 7) is 1.60. The van der Waals surface area contributed by atoms with Crippen molar-refractivity contribution in [1.29, 1.82) is 0 Å². The topological polar surface area (TPSA) is 53.4 Å². The number of aromatic hydroxyl groups is 1. The van der Waals surface area contributed by atoms with E-state index in [2.05, 4.69) is 4.90 Å². The molecule has 1 aliphatic carbocycles. The maximum absolute atomic E-state index is 15.2. The Morgan fingerprint density at radius 3 is 2.45 bits per heavy atom. The largest absolute Gasteiger partial charge is 0.508 e. The summed E-state index contributed by atoms with van der Waals surface area (Å²) in [5.74, 6) is -3.88. The van der Waals surface area contributed by atoms with E-state index >= 15 is 8.78 Å². The fourth-order valence-electron chi connectivity index (χ4n) is 5.29. The molecule has 1 aromatic heterocycles. The number of halogens is 2. The monoisotopic (exact) mass is 448 g/mol. The van der Waals surface area contributed by atoms with Crippen LogP contribution in [0.5, 0.6) is 5.75 Å². The number of benzene rings is 2. The van der Waals surface area contributed by atoms with Crippen molar-refractivity contribution in [3.05, 3.63) is 89.2 Å². The number of pyridine rings is 1. The molecule has 2 heterocycles. The molecule has 0 spiro atoms. The fourth-order valence-corrected chi connectivity index (χ4v) is 5.29. The quantitative estimate of drug-likeness (QED) is 0.527. The van der Waals surface area contributed by atoms with Crippen molar-refractivity contribution in [2.45, 2.75) is 37.0 Å². The van der Waals surface area contributed by atoms with Crippen LogP contribution < -0.4 is 4.90 Å². The summed E-state index contributed by atoms with van der Waals surface area (Å²) in [5.41, 5.74) is 2.94. The first-order chi connectivity index (χ1) is 16.0. The van der Waals surface area contributed by atoms with E-state index in [0.717, 1.165) is 49.2 Å². The third-order valence-electron chi connectivity index (χ3n) is 7.06. The minimum atomic E-state index is -3.05. The van der Waals surface area contributed by atoms with Crippen LogP contribution >= 0.6 is 0 Å². The summed E-state index contributed by atoms with van der Waals surface area (Å²) >= 11 is 0. The SMILES string of the molecule is O=CC1CCN(c2ccc([C@@H]3c4ccc(O)cc4C(F)(F)C[C@@H]3c3ccccc3)nc2)CC1. The Morgan fingerprint density at radius 2 is 1.79 bits per heavy atom. The number of phenolic OH excluding ortho intramolecular Hbond substituents is 1. The summed E-state index contributed by atoms with van der Waals surface area (Å²) in [7, 11) is 0. The summed E-state index contributed by atoms with van der Waals surface area (Å²) in [6, 6.07) is 17.6. The van der Waals surface area contributed by atoms with E-state index in [4.69, 9.17) is 4.98 Å². The zero-order chi connectivity index (χ0) is 23.0. The van der Waals surface area contributed by atoms with Crippen LogP contribution in [0.2, 0.25) is 0 Å². The molecule has 170 valence electrons. The van der Waals surface area contributed by atoms with Crippen LogP contribution in [0, 0.1) is 5.92 Å². The molecule has 4 nitrogen and oxygen atoms in total. The molecule has 5 rings (SSSR count). The van der Waals surface area contributed by atoms with Crippen molar-refractivity contribution in [2.75, 3.05) is 18.0 Å². The normalized spacial score (nSPS) is 22.5. The first-order valence-corrected chi connectivity index (χ1v) is 11.4. The first-order valence-electron chi connectivity index (χ1n) is 11.4. The molecule has 6 heteroatoms. The molecule has 0 saturated carbocycles. The Balaban J connectivity index is 1.53. The number of phenols is 1. The molecular weight excluding hydrogens is 422 g/mol. The Bertz CT molecular complexity index is 1130. The van der Waals surface area contributed by atoms with Gasteiger partial charge in [0.2, 0.25) is 0 Å². The van der Waals surface area contributed by atoms with Crippen LogP contribution in [-0.2, 0) is 10.7 Å². The number of hydrogen-bond donors (Lipinski definition) is 1. The molecule has 0 bridgehead atoms. The van der Waals surface area contributed by atoms with Crippen LogP contribution in [0.15, 0.2) is 66.9 Å². The van der Waals surface area contributed by atoms with Crippen LogP contribution in [0.1, 0.15) is 53.5 Å². The summed E-state index contributed by atoms with van der Waals surface area (Å²) in [4.78, 5) is 18.0. The number of rotatable bonds is 4. The first kappa shape index (κ1) is 21.6. The number of nitrogens with zero attached hydrogens (tertiary/aromatic N) is 2. The highest BCUT2D eigenvalue weighted by atomic mass is 19.3. The highest BCUT2D eigenvalue weighted by molar-refractivity contribution is 5.55. The van der Waals surface area contributed by atoms with Gasteiger partial charge in [-0.3, -0.25) is 4.98 Å². The lowest BCUT2D eigenvalue weighted by Crippen LogP contribution is -2.34. The Kier molecular flexibility index (Phi) is 5.60. The second kappa shape index (κ2) is 8.58. The third kappa shape index (κ3) is 4.10. The molecule has 2 aromatic carbocycles. The van der Waals surface area contributed by atoms with E-state index in [-0.39, 0.29) is 29.6 Å². The molecule has 33 heavy (non-hydrogen) atoms. The number of aldehydes is 1. The number of aromatic nitrogens is 1. The number of fused-ring (bicyclic) bond motifs is 1. The average molecular weight is 449 g/mol. The molecule has 0 radical (unpaired) electrons. The molecule has 1 aliphatic heterocycles. The van der Waals surface area contributed by atoms with Gasteiger partial charge in [0.15, 0.2) is 0 Å². The fraction of sp³-hybridized carbons (Fsp3) is 0.333. The number of hydrogen-bond acceptors (Lipinski definition) is 4. The minimum absolute atomic E-state index is 0.122. The van der Waals surface area contributed by atoms with Gasteiger partial charge in [-0.2, -0.15) is 0 Å². The van der Waals surface area contributed by atoms with Gasteiger partial charge in [0.05, 0.1) is 11.9 Å². The van der Waals surface area contributed by atoms with Gasteiger partial charge in [0, 0.05) is 48.5 Å². The number of carbonyl (C=O) groups excluding carboxylic acids is 1. The molecule has 3 aromatic rings. The van der Waals surface area contributed by atoms with Crippen LogP contribution in [0.25, 0.3) is 0 Å². The molecular formula is C27H26F2N2O2. The number of carbonyl (C=O) groups is 1. The molecule has 1 saturated heterocycles. The smallest absolute Gasteiger partial charge is 0.274 e. The van der Waals surface area contributed by atoms with E-state index in [1.54, 1.807) is 6.07 Å². The van der Waals surface area contributed by atoms with E-state index in [9.17, 15) is 9.90 Å². The molecule has 1 N–H and O–H groups in total. The Hall–Kier alpha value is -3.28. The van der Waals surface area contributed by atoms with Crippen molar-refractivity contribution in [1.82, 2.24) is 4.98 Å². The van der Waals surface area contributed by atoms with E-state index in [0.29, 0.717) is 5.56 Å². The summed E-state index contributed by atoms with van der Waals surface area (Å²) in [6.07, 6.45) is 4.16. The van der Waals surface area contributed by atoms with Crippen molar-refractivity contribution < 1.29 is 18.7 Å². The van der Waals surface area contributed by atoms with Crippen molar-refractivity contribution in [3.8, 4) is 5.75 Å². The zero-order valence-electron chi connectivity index (χ0n) is 18.2. The Morgan fingerprint density at radius 1 is 1.03 bits per heavy atom. The highest BCUT2D eigenvalue weighted by Gasteiger charge is 2.47. The van der Waals surface area contributed by atoms with Gasteiger partial charge in [-0.15, -0.1) is 0 Å². The lowest BCUT2D eigenvalue weighted by atomic mass is 9.69. The standard InChI is InChI=1S/C27H26F2N2O2/c28-27(29)15-23(19-4-2-1-3-5-19)26(22-8-7-21(33)14-24(22)27)25-9-6-20(16-30-25)31-12-10-18(17-32)11-13-31/h1-9,14,16-18,23,26,33H,10-13,15H2/t23-,26-/m1/s1. The van der Waals surface area contributed by atoms with Gasteiger partial charge in [-0.1, -0.05) is 36.4 Å². The second-order valence-electron chi connectivity index (χ2n) is 9.08. The minimum Gasteiger partial charge on any atom is -0.508 e. The molecule has 2 aliphatic rings. The number of anilines is 1.